The summed E-state index contributed by atoms with van der Waals surface area (Å²) in [7, 11) is 1.25. The first-order valence-corrected chi connectivity index (χ1v) is 12.3. The van der Waals surface area contributed by atoms with Crippen molar-refractivity contribution in [3.63, 3.8) is 0 Å². The molecule has 2 N–H and O–H groups in total. The minimum absolute atomic E-state index is 0.0808. The molecule has 1 fully saturated rings. The number of rotatable bonds is 5. The van der Waals surface area contributed by atoms with Gasteiger partial charge in [0.1, 0.15) is 0 Å². The van der Waals surface area contributed by atoms with Gasteiger partial charge in [-0.3, -0.25) is 9.59 Å². The van der Waals surface area contributed by atoms with Crippen LogP contribution in [0.5, 0.6) is 0 Å². The predicted octanol–water partition coefficient (Wildman–Crippen LogP) is 3.91. The van der Waals surface area contributed by atoms with Crippen molar-refractivity contribution < 1.29 is 9.59 Å². The molecule has 0 bridgehead atoms. The number of aromatic nitrogens is 1. The number of nitrogens with zero attached hydrogens (tertiary/aromatic N) is 1. The number of anilines is 1. The first-order chi connectivity index (χ1) is 14.5. The van der Waals surface area contributed by atoms with Crippen LogP contribution in [0.2, 0.25) is 5.54 Å². The SMILES string of the molecule is C=CC(=O)Nc1cccc2ccc(-c3csc(C(=O)N[C@H]4CC[C@@H]([SiH3])CC4)n3)cc12. The Labute approximate surface area is 183 Å². The quantitative estimate of drug-likeness (QED) is 0.471. The molecule has 1 aliphatic carbocycles. The number of fused-ring (bicyclic) bond motifs is 1. The van der Waals surface area contributed by atoms with Crippen LogP contribution in [-0.2, 0) is 4.79 Å². The number of hydrogen-bond donors (Lipinski definition) is 2. The normalized spacial score (nSPS) is 18.8. The highest BCUT2D eigenvalue weighted by Gasteiger charge is 2.21. The van der Waals surface area contributed by atoms with E-state index < -0.39 is 0 Å². The second-order valence-electron chi connectivity index (χ2n) is 7.90. The van der Waals surface area contributed by atoms with Gasteiger partial charge in [0, 0.05) is 38.3 Å². The van der Waals surface area contributed by atoms with Crippen LogP contribution in [-0.4, -0.2) is 33.1 Å². The fraction of sp³-hybridized carbons (Fsp3) is 0.261. The molecule has 2 aromatic carbocycles. The Morgan fingerprint density at radius 3 is 2.73 bits per heavy atom. The van der Waals surface area contributed by atoms with Gasteiger partial charge < -0.3 is 10.6 Å². The number of amides is 2. The molecule has 1 heterocycles. The van der Waals surface area contributed by atoms with Crippen LogP contribution in [0.25, 0.3) is 22.0 Å². The van der Waals surface area contributed by atoms with E-state index in [1.165, 1.54) is 40.5 Å². The second kappa shape index (κ2) is 8.93. The first kappa shape index (κ1) is 20.5. The Kier molecular flexibility index (Phi) is 6.10. The van der Waals surface area contributed by atoms with Gasteiger partial charge in [-0.15, -0.1) is 11.3 Å². The van der Waals surface area contributed by atoms with E-state index in [1.807, 2.05) is 41.8 Å². The third-order valence-corrected chi connectivity index (χ3v) is 7.67. The van der Waals surface area contributed by atoms with Gasteiger partial charge in [0.05, 0.1) is 5.69 Å². The minimum Gasteiger partial charge on any atom is -0.347 e. The second-order valence-corrected chi connectivity index (χ2v) is 10.4. The lowest BCUT2D eigenvalue weighted by Crippen LogP contribution is -2.36. The molecule has 3 aromatic rings. The summed E-state index contributed by atoms with van der Waals surface area (Å²) in [6, 6.07) is 12.0. The predicted molar refractivity (Wildman–Crippen MR) is 127 cm³/mol. The van der Waals surface area contributed by atoms with Crippen molar-refractivity contribution >= 4 is 49.9 Å². The number of benzene rings is 2. The van der Waals surface area contributed by atoms with E-state index in [9.17, 15) is 9.59 Å². The van der Waals surface area contributed by atoms with Gasteiger partial charge in [0.2, 0.25) is 5.91 Å². The molecule has 154 valence electrons. The minimum atomic E-state index is -0.250. The highest BCUT2D eigenvalue weighted by Crippen LogP contribution is 2.30. The summed E-state index contributed by atoms with van der Waals surface area (Å²) in [5.74, 6) is -0.331. The third-order valence-electron chi connectivity index (χ3n) is 5.67. The molecule has 0 saturated heterocycles. The maximum atomic E-state index is 12.6. The lowest BCUT2D eigenvalue weighted by molar-refractivity contribution is -0.111. The van der Waals surface area contributed by atoms with E-state index in [0.29, 0.717) is 5.01 Å². The zero-order chi connectivity index (χ0) is 21.1. The van der Waals surface area contributed by atoms with Crippen molar-refractivity contribution in [1.29, 1.82) is 0 Å². The maximum Gasteiger partial charge on any atom is 0.280 e. The van der Waals surface area contributed by atoms with Crippen molar-refractivity contribution in [1.82, 2.24) is 10.3 Å². The van der Waals surface area contributed by atoms with Crippen LogP contribution in [0.4, 0.5) is 5.69 Å². The van der Waals surface area contributed by atoms with Crippen molar-refractivity contribution in [2.75, 3.05) is 5.32 Å². The fourth-order valence-electron chi connectivity index (χ4n) is 3.89. The molecule has 5 nitrogen and oxygen atoms in total. The van der Waals surface area contributed by atoms with Crippen LogP contribution in [0.3, 0.4) is 0 Å². The number of carbonyl (C=O) groups is 2. The molecule has 0 aliphatic heterocycles. The van der Waals surface area contributed by atoms with Crippen molar-refractivity contribution in [2.45, 2.75) is 37.3 Å². The van der Waals surface area contributed by atoms with Crippen molar-refractivity contribution in [3.8, 4) is 11.3 Å². The molecule has 0 spiro atoms. The van der Waals surface area contributed by atoms with E-state index in [4.69, 9.17) is 0 Å². The summed E-state index contributed by atoms with van der Waals surface area (Å²) in [6.07, 6.45) is 5.84. The first-order valence-electron chi connectivity index (χ1n) is 10.3. The molecular weight excluding hydrogens is 410 g/mol. The molecule has 0 radical (unpaired) electrons. The average Bonchev–Trinajstić information content (AvgIpc) is 3.26. The maximum absolute atomic E-state index is 12.6. The summed E-state index contributed by atoms with van der Waals surface area (Å²) < 4.78 is 0. The molecule has 0 unspecified atom stereocenters. The smallest absolute Gasteiger partial charge is 0.280 e. The number of hydrogen-bond acceptors (Lipinski definition) is 4. The molecule has 2 amide bonds. The van der Waals surface area contributed by atoms with Gasteiger partial charge in [0.15, 0.2) is 5.01 Å². The molecule has 4 rings (SSSR count). The van der Waals surface area contributed by atoms with Crippen LogP contribution < -0.4 is 10.6 Å². The Morgan fingerprint density at radius 1 is 1.17 bits per heavy atom. The van der Waals surface area contributed by atoms with E-state index in [0.717, 1.165) is 46.1 Å². The summed E-state index contributed by atoms with van der Waals surface area (Å²) >= 11 is 1.37. The van der Waals surface area contributed by atoms with Crippen LogP contribution in [0.15, 0.2) is 54.4 Å². The van der Waals surface area contributed by atoms with Gasteiger partial charge in [-0.25, -0.2) is 4.98 Å². The fourth-order valence-corrected chi connectivity index (χ4v) is 5.28. The summed E-state index contributed by atoms with van der Waals surface area (Å²) in [6.45, 7) is 3.51. The topological polar surface area (TPSA) is 71.1 Å². The lowest BCUT2D eigenvalue weighted by atomic mass is 9.95. The van der Waals surface area contributed by atoms with E-state index in [1.54, 1.807) is 0 Å². The van der Waals surface area contributed by atoms with Gasteiger partial charge in [0.25, 0.3) is 5.91 Å². The van der Waals surface area contributed by atoms with E-state index in [-0.39, 0.29) is 17.9 Å². The van der Waals surface area contributed by atoms with Crippen molar-refractivity contribution in [2.24, 2.45) is 0 Å². The molecule has 30 heavy (non-hydrogen) atoms. The van der Waals surface area contributed by atoms with Gasteiger partial charge in [-0.2, -0.15) is 0 Å². The molecular formula is C23H25N3O2SSi. The Bertz CT molecular complexity index is 1100. The number of nitrogens with one attached hydrogen (secondary N) is 2. The molecule has 1 aromatic heterocycles. The lowest BCUT2D eigenvalue weighted by Gasteiger charge is -2.26. The van der Waals surface area contributed by atoms with Crippen LogP contribution in [0, 0.1) is 0 Å². The largest absolute Gasteiger partial charge is 0.347 e. The average molecular weight is 436 g/mol. The molecule has 1 saturated carbocycles. The van der Waals surface area contributed by atoms with Gasteiger partial charge in [-0.05, 0) is 36.4 Å². The van der Waals surface area contributed by atoms with Gasteiger partial charge >= 0.3 is 0 Å². The highest BCUT2D eigenvalue weighted by molar-refractivity contribution is 7.12. The standard InChI is InChI=1S/C23H25N3O2SSi/c1-2-21(27)25-19-5-3-4-14-6-7-15(12-18(14)19)20-13-29-23(26-20)22(28)24-16-8-10-17(30)11-9-16/h2-7,12-13,16-17H,1,8-11H2,30H3,(H,24,28)(H,25,27)/t16-,17+. The Morgan fingerprint density at radius 2 is 1.97 bits per heavy atom. The zero-order valence-electron chi connectivity index (χ0n) is 17.0. The van der Waals surface area contributed by atoms with Crippen molar-refractivity contribution in [3.05, 3.63) is 59.4 Å². The molecule has 0 atom stereocenters. The number of thiazole rings is 1. The third kappa shape index (κ3) is 4.52. The summed E-state index contributed by atoms with van der Waals surface area (Å²) in [4.78, 5) is 29.0. The monoisotopic (exact) mass is 435 g/mol. The van der Waals surface area contributed by atoms with E-state index >= 15 is 0 Å². The Balaban J connectivity index is 1.55. The zero-order valence-corrected chi connectivity index (χ0v) is 19.8. The number of carbonyl (C=O) groups excluding carboxylic acids is 2. The molecule has 1 aliphatic rings. The summed E-state index contributed by atoms with van der Waals surface area (Å²) in [5, 5.41) is 10.3. The van der Waals surface area contributed by atoms with Crippen LogP contribution in [0.1, 0.15) is 35.5 Å². The molecule has 7 heteroatoms. The van der Waals surface area contributed by atoms with E-state index in [2.05, 4.69) is 22.2 Å². The summed E-state index contributed by atoms with van der Waals surface area (Å²) in [5.41, 5.74) is 3.29. The Hall–Kier alpha value is -2.77. The highest BCUT2D eigenvalue weighted by atomic mass is 32.1. The van der Waals surface area contributed by atoms with Crippen LogP contribution >= 0.6 is 11.3 Å². The van der Waals surface area contributed by atoms with Gasteiger partial charge in [-0.1, -0.05) is 49.2 Å².